The third-order valence-electron chi connectivity index (χ3n) is 3.05. The van der Waals surface area contributed by atoms with E-state index in [4.69, 9.17) is 0 Å². The quantitative estimate of drug-likeness (QED) is 0.548. The summed E-state index contributed by atoms with van der Waals surface area (Å²) in [5, 5.41) is 0. The van der Waals surface area contributed by atoms with Crippen LogP contribution in [0.2, 0.25) is 0 Å². The molecule has 2 heteroatoms. The molecule has 1 saturated carbocycles. The molecule has 58 valence electrons. The van der Waals surface area contributed by atoms with Gasteiger partial charge in [0, 0.05) is 28.2 Å². The zero-order valence-corrected chi connectivity index (χ0v) is 7.86. The van der Waals surface area contributed by atoms with Crippen LogP contribution in [0.1, 0.15) is 38.5 Å². The molecule has 0 aromatic heterocycles. The minimum absolute atomic E-state index is 0.597. The van der Waals surface area contributed by atoms with Crippen molar-refractivity contribution in [2.24, 2.45) is 0 Å². The molecule has 1 heterocycles. The van der Waals surface area contributed by atoms with Gasteiger partial charge in [-0.15, -0.1) is 0 Å². The van der Waals surface area contributed by atoms with E-state index in [2.05, 4.69) is 20.1 Å². The second-order valence-electron chi connectivity index (χ2n) is 3.62. The summed E-state index contributed by atoms with van der Waals surface area (Å²) in [5.74, 6) is 0. The van der Waals surface area contributed by atoms with Gasteiger partial charge in [-0.3, -0.25) is 0 Å². The summed E-state index contributed by atoms with van der Waals surface area (Å²) in [6.07, 6.45) is 8.57. The highest BCUT2D eigenvalue weighted by Crippen LogP contribution is 2.44. The Bertz CT molecular complexity index is 124. The Balaban J connectivity index is 2.11. The molecule has 1 nitrogen and oxygen atoms in total. The lowest BCUT2D eigenvalue weighted by Gasteiger charge is -2.29. The molecule has 10 heavy (non-hydrogen) atoms. The van der Waals surface area contributed by atoms with Crippen molar-refractivity contribution in [3.63, 3.8) is 0 Å². The van der Waals surface area contributed by atoms with Crippen LogP contribution in [0.25, 0.3) is 0 Å². The fourth-order valence-corrected chi connectivity index (χ4v) is 3.21. The van der Waals surface area contributed by atoms with E-state index in [0.717, 1.165) is 0 Å². The van der Waals surface area contributed by atoms with Gasteiger partial charge in [0.05, 0.1) is 0 Å². The second kappa shape index (κ2) is 2.49. The van der Waals surface area contributed by atoms with Crippen LogP contribution < -0.4 is 0 Å². The molecule has 2 rings (SSSR count). The van der Waals surface area contributed by atoms with E-state index in [1.54, 1.807) is 0 Å². The second-order valence-corrected chi connectivity index (χ2v) is 4.48. The molecule has 1 saturated heterocycles. The largest absolute Gasteiger partial charge is 0.236 e. The highest BCUT2D eigenvalue weighted by Gasteiger charge is 2.41. The maximum absolute atomic E-state index is 3.66. The van der Waals surface area contributed by atoms with E-state index < -0.39 is 0 Å². The summed E-state index contributed by atoms with van der Waals surface area (Å²) < 4.78 is 2.41. The summed E-state index contributed by atoms with van der Waals surface area (Å²) in [7, 11) is 0. The number of nitrogens with zero attached hydrogens (tertiary/aromatic N) is 1. The molecular weight excluding hydrogens is 190 g/mol. The molecule has 1 aliphatic carbocycles. The Morgan fingerprint density at radius 1 is 1.00 bits per heavy atom. The fourth-order valence-electron chi connectivity index (χ4n) is 2.43. The molecule has 0 aromatic rings. The molecule has 0 N–H and O–H groups in total. The molecular formula is C8H14BrN. The molecule has 1 aliphatic heterocycles. The SMILES string of the molecule is BrN1CCCC12CCCC2. The van der Waals surface area contributed by atoms with Crippen LogP contribution in [0.15, 0.2) is 0 Å². The van der Waals surface area contributed by atoms with E-state index >= 15 is 0 Å². The zero-order valence-electron chi connectivity index (χ0n) is 6.27. The Morgan fingerprint density at radius 2 is 1.60 bits per heavy atom. The first-order valence-electron chi connectivity index (χ1n) is 4.27. The smallest absolute Gasteiger partial charge is 0.0317 e. The minimum Gasteiger partial charge on any atom is -0.236 e. The van der Waals surface area contributed by atoms with Crippen LogP contribution in [0, 0.1) is 0 Å². The molecule has 0 atom stereocenters. The molecule has 0 bridgehead atoms. The predicted octanol–water partition coefficient (Wildman–Crippen LogP) is 2.70. The van der Waals surface area contributed by atoms with E-state index in [-0.39, 0.29) is 0 Å². The van der Waals surface area contributed by atoms with E-state index in [0.29, 0.717) is 5.54 Å². The standard InChI is InChI=1S/C8H14BrN/c9-10-7-3-6-8(10)4-1-2-5-8/h1-7H2. The third kappa shape index (κ3) is 0.928. The van der Waals surface area contributed by atoms with E-state index in [9.17, 15) is 0 Å². The Kier molecular flexibility index (Phi) is 1.77. The topological polar surface area (TPSA) is 3.24 Å². The summed E-state index contributed by atoms with van der Waals surface area (Å²) >= 11 is 3.66. The lowest BCUT2D eigenvalue weighted by molar-refractivity contribution is 0.278. The fraction of sp³-hybridized carbons (Fsp3) is 1.00. The first-order valence-corrected chi connectivity index (χ1v) is 4.98. The van der Waals surface area contributed by atoms with Crippen LogP contribution >= 0.6 is 16.1 Å². The summed E-state index contributed by atoms with van der Waals surface area (Å²) in [4.78, 5) is 0. The molecule has 2 aliphatic rings. The molecule has 0 unspecified atom stereocenters. The first-order chi connectivity index (χ1) is 4.83. The van der Waals surface area contributed by atoms with Gasteiger partial charge in [0.2, 0.25) is 0 Å². The molecule has 0 amide bonds. The first kappa shape index (κ1) is 7.11. The summed E-state index contributed by atoms with van der Waals surface area (Å²) in [5.41, 5.74) is 0.597. The molecule has 1 spiro atoms. The predicted molar refractivity (Wildman–Crippen MR) is 46.1 cm³/mol. The lowest BCUT2D eigenvalue weighted by Crippen LogP contribution is -2.33. The maximum atomic E-state index is 3.66. The number of hydrogen-bond acceptors (Lipinski definition) is 1. The van der Waals surface area contributed by atoms with Crippen LogP contribution in [0.3, 0.4) is 0 Å². The Labute approximate surface area is 71.1 Å². The van der Waals surface area contributed by atoms with Crippen LogP contribution in [0.5, 0.6) is 0 Å². The van der Waals surface area contributed by atoms with Crippen molar-refractivity contribution < 1.29 is 0 Å². The zero-order chi connectivity index (χ0) is 7.03. The van der Waals surface area contributed by atoms with E-state index in [1.165, 1.54) is 45.1 Å². The van der Waals surface area contributed by atoms with Crippen LogP contribution in [-0.4, -0.2) is 16.0 Å². The van der Waals surface area contributed by atoms with Gasteiger partial charge < -0.3 is 0 Å². The van der Waals surface area contributed by atoms with Crippen molar-refractivity contribution in [2.75, 3.05) is 6.54 Å². The average molecular weight is 204 g/mol. The van der Waals surface area contributed by atoms with Crippen molar-refractivity contribution in [1.29, 1.82) is 0 Å². The van der Waals surface area contributed by atoms with E-state index in [1.807, 2.05) is 0 Å². The van der Waals surface area contributed by atoms with Gasteiger partial charge in [-0.1, -0.05) is 12.8 Å². The normalized spacial score (nSPS) is 32.1. The van der Waals surface area contributed by atoms with Gasteiger partial charge in [0.1, 0.15) is 0 Å². The van der Waals surface area contributed by atoms with Gasteiger partial charge in [-0.05, 0) is 25.7 Å². The van der Waals surface area contributed by atoms with Gasteiger partial charge >= 0.3 is 0 Å². The van der Waals surface area contributed by atoms with Crippen molar-refractivity contribution in [1.82, 2.24) is 3.93 Å². The monoisotopic (exact) mass is 203 g/mol. The van der Waals surface area contributed by atoms with Crippen molar-refractivity contribution in [3.8, 4) is 0 Å². The summed E-state index contributed by atoms with van der Waals surface area (Å²) in [6.45, 7) is 1.26. The highest BCUT2D eigenvalue weighted by molar-refractivity contribution is 9.07. The molecule has 0 radical (unpaired) electrons. The van der Waals surface area contributed by atoms with Gasteiger partial charge in [0.25, 0.3) is 0 Å². The third-order valence-corrected chi connectivity index (χ3v) is 4.15. The number of hydrogen-bond donors (Lipinski definition) is 0. The Hall–Kier alpha value is 0.440. The van der Waals surface area contributed by atoms with Crippen molar-refractivity contribution >= 4 is 16.1 Å². The number of rotatable bonds is 0. The van der Waals surface area contributed by atoms with Gasteiger partial charge in [-0.25, -0.2) is 3.93 Å². The molecule has 2 fully saturated rings. The summed E-state index contributed by atoms with van der Waals surface area (Å²) in [6, 6.07) is 0. The van der Waals surface area contributed by atoms with Crippen LogP contribution in [0.4, 0.5) is 0 Å². The minimum atomic E-state index is 0.597. The van der Waals surface area contributed by atoms with Crippen molar-refractivity contribution in [3.05, 3.63) is 0 Å². The van der Waals surface area contributed by atoms with Gasteiger partial charge in [0.15, 0.2) is 0 Å². The van der Waals surface area contributed by atoms with Gasteiger partial charge in [-0.2, -0.15) is 0 Å². The number of halogens is 1. The van der Waals surface area contributed by atoms with Crippen LogP contribution in [-0.2, 0) is 0 Å². The lowest BCUT2D eigenvalue weighted by atomic mass is 9.96. The average Bonchev–Trinajstić information content (AvgIpc) is 2.48. The maximum Gasteiger partial charge on any atom is 0.0317 e. The Morgan fingerprint density at radius 3 is 2.10 bits per heavy atom. The van der Waals surface area contributed by atoms with Crippen molar-refractivity contribution in [2.45, 2.75) is 44.1 Å². The molecule has 0 aromatic carbocycles. The highest BCUT2D eigenvalue weighted by atomic mass is 79.9.